The molecule has 1 N–H and O–H groups in total. The average molecular weight is 615 g/mol. The quantitative estimate of drug-likeness (QED) is 0.275. The molecule has 0 unspecified atom stereocenters. The number of amidine groups is 1. The molecule has 2 amide bonds. The molecule has 196 valence electrons. The number of carbonyl (C=O) groups is 2. The molecule has 10 heteroatoms. The summed E-state index contributed by atoms with van der Waals surface area (Å²) < 4.78 is 12.0. The normalized spacial score (nSPS) is 15.3. The van der Waals surface area contributed by atoms with Gasteiger partial charge in [-0.2, -0.15) is 0 Å². The number of carbonyl (C=O) groups excluding carboxylic acids is 2. The van der Waals surface area contributed by atoms with Crippen LogP contribution in [-0.2, 0) is 9.59 Å². The van der Waals surface area contributed by atoms with Crippen LogP contribution >= 0.6 is 39.3 Å². The largest absolute Gasteiger partial charge is 0.493 e. The number of amides is 2. The highest BCUT2D eigenvalue weighted by Crippen LogP contribution is 2.36. The van der Waals surface area contributed by atoms with Crippen LogP contribution in [0.25, 0.3) is 6.08 Å². The molecular weight excluding hydrogens is 590 g/mol. The first-order valence-electron chi connectivity index (χ1n) is 11.7. The van der Waals surface area contributed by atoms with Gasteiger partial charge in [0.05, 0.1) is 22.7 Å². The van der Waals surface area contributed by atoms with Gasteiger partial charge in [-0.1, -0.05) is 35.9 Å². The molecule has 0 saturated carbocycles. The van der Waals surface area contributed by atoms with Crippen LogP contribution in [0.5, 0.6) is 11.5 Å². The topological polar surface area (TPSA) is 80.2 Å². The van der Waals surface area contributed by atoms with E-state index in [1.54, 1.807) is 35.2 Å². The lowest BCUT2D eigenvalue weighted by molar-refractivity contribution is -0.122. The Morgan fingerprint density at radius 3 is 2.66 bits per heavy atom. The van der Waals surface area contributed by atoms with E-state index in [9.17, 15) is 9.59 Å². The van der Waals surface area contributed by atoms with Crippen LogP contribution in [0.2, 0.25) is 5.02 Å². The Hall–Kier alpha value is -3.27. The van der Waals surface area contributed by atoms with Gasteiger partial charge < -0.3 is 14.8 Å². The number of nitrogens with one attached hydrogen (secondary N) is 1. The monoisotopic (exact) mass is 613 g/mol. The molecule has 7 nitrogen and oxygen atoms in total. The molecule has 1 heterocycles. The van der Waals surface area contributed by atoms with Gasteiger partial charge >= 0.3 is 0 Å². The number of hydrogen-bond acceptors (Lipinski definition) is 6. The highest BCUT2D eigenvalue weighted by Gasteiger charge is 2.32. The van der Waals surface area contributed by atoms with Gasteiger partial charge in [0.15, 0.2) is 23.3 Å². The number of likely N-dealkylation sites (N-methyl/N-ethyl adjacent to an activating group) is 1. The molecule has 4 rings (SSSR count). The maximum Gasteiger partial charge on any atom is 0.266 e. The van der Waals surface area contributed by atoms with Crippen molar-refractivity contribution >= 4 is 73.7 Å². The fraction of sp³-hybridized carbons (Fsp3) is 0.179. The molecule has 0 bridgehead atoms. The number of benzene rings is 3. The Labute approximate surface area is 239 Å². The van der Waals surface area contributed by atoms with E-state index >= 15 is 0 Å². The minimum atomic E-state index is -0.279. The van der Waals surface area contributed by atoms with Crippen molar-refractivity contribution in [1.29, 1.82) is 0 Å². The number of aryl methyl sites for hydroxylation is 1. The van der Waals surface area contributed by atoms with Gasteiger partial charge in [0.25, 0.3) is 11.8 Å². The smallest absolute Gasteiger partial charge is 0.266 e. The molecule has 0 spiro atoms. The summed E-state index contributed by atoms with van der Waals surface area (Å²) in [5.41, 5.74) is 3.10. The van der Waals surface area contributed by atoms with E-state index in [1.807, 2.05) is 50.2 Å². The van der Waals surface area contributed by atoms with Gasteiger partial charge in [0.2, 0.25) is 0 Å². The van der Waals surface area contributed by atoms with E-state index in [1.165, 1.54) is 18.9 Å². The summed E-state index contributed by atoms with van der Waals surface area (Å²) in [5, 5.41) is 3.96. The van der Waals surface area contributed by atoms with Crippen LogP contribution in [0.4, 0.5) is 11.4 Å². The molecule has 1 fully saturated rings. The van der Waals surface area contributed by atoms with E-state index < -0.39 is 0 Å². The van der Waals surface area contributed by atoms with Crippen molar-refractivity contribution < 1.29 is 19.1 Å². The van der Waals surface area contributed by atoms with Gasteiger partial charge in [0.1, 0.15) is 0 Å². The minimum absolute atomic E-state index is 0.133. The Bertz CT molecular complexity index is 1440. The molecule has 1 saturated heterocycles. The van der Waals surface area contributed by atoms with Gasteiger partial charge in [-0.15, -0.1) is 0 Å². The number of halogens is 2. The highest BCUT2D eigenvalue weighted by atomic mass is 79.9. The second-order valence-corrected chi connectivity index (χ2v) is 10.5. The molecule has 0 aliphatic carbocycles. The van der Waals surface area contributed by atoms with E-state index in [4.69, 9.17) is 21.1 Å². The summed E-state index contributed by atoms with van der Waals surface area (Å²) in [6.45, 7) is 4.12. The van der Waals surface area contributed by atoms with E-state index in [2.05, 4.69) is 26.2 Å². The van der Waals surface area contributed by atoms with Crippen LogP contribution in [0.15, 0.2) is 75.0 Å². The number of aliphatic imine (C=N–C) groups is 1. The number of ether oxygens (including phenoxy) is 2. The predicted molar refractivity (Wildman–Crippen MR) is 157 cm³/mol. The van der Waals surface area contributed by atoms with Crippen LogP contribution in [-0.4, -0.2) is 42.1 Å². The van der Waals surface area contributed by atoms with E-state index in [0.717, 1.165) is 21.3 Å². The number of hydrogen-bond donors (Lipinski definition) is 1. The predicted octanol–water partition coefficient (Wildman–Crippen LogP) is 7.06. The first-order chi connectivity index (χ1) is 18.3. The fourth-order valence-electron chi connectivity index (χ4n) is 3.62. The van der Waals surface area contributed by atoms with Crippen molar-refractivity contribution in [2.45, 2.75) is 13.8 Å². The number of nitrogens with zero attached hydrogens (tertiary/aromatic N) is 2. The molecule has 38 heavy (non-hydrogen) atoms. The Balaban J connectivity index is 1.48. The second-order valence-electron chi connectivity index (χ2n) is 8.21. The van der Waals surface area contributed by atoms with Crippen LogP contribution in [0, 0.1) is 6.92 Å². The van der Waals surface area contributed by atoms with Crippen molar-refractivity contribution in [2.75, 3.05) is 25.6 Å². The van der Waals surface area contributed by atoms with Gasteiger partial charge in [0, 0.05) is 16.7 Å². The summed E-state index contributed by atoms with van der Waals surface area (Å²) >= 11 is 10.9. The Kier molecular flexibility index (Phi) is 9.14. The van der Waals surface area contributed by atoms with Crippen LogP contribution < -0.4 is 14.8 Å². The third kappa shape index (κ3) is 6.59. The van der Waals surface area contributed by atoms with Gasteiger partial charge in [-0.3, -0.25) is 14.5 Å². The minimum Gasteiger partial charge on any atom is -0.493 e. The lowest BCUT2D eigenvalue weighted by atomic mass is 10.2. The Morgan fingerprint density at radius 2 is 1.95 bits per heavy atom. The molecule has 0 radical (unpaired) electrons. The third-order valence-electron chi connectivity index (χ3n) is 5.60. The summed E-state index contributed by atoms with van der Waals surface area (Å²) in [6.07, 6.45) is 1.78. The maximum absolute atomic E-state index is 13.1. The SMILES string of the molecule is CCN1C(=O)/C(=C\c2ccc(OCC(=O)Nc3ccccc3C)c(OC)c2)SC1=Nc1ccc(Br)c(Cl)c1. The third-order valence-corrected chi connectivity index (χ3v) is 7.83. The van der Waals surface area contributed by atoms with Crippen LogP contribution in [0.1, 0.15) is 18.1 Å². The van der Waals surface area contributed by atoms with Gasteiger partial charge in [-0.05, 0) is 95.1 Å². The molecule has 3 aromatic carbocycles. The zero-order valence-electron chi connectivity index (χ0n) is 21.0. The second kappa shape index (κ2) is 12.5. The summed E-state index contributed by atoms with van der Waals surface area (Å²) in [7, 11) is 1.52. The number of rotatable bonds is 8. The molecular formula is C28H25BrClN3O4S. The number of methoxy groups -OCH3 is 1. The van der Waals surface area contributed by atoms with Crippen molar-refractivity contribution in [1.82, 2.24) is 4.90 Å². The lowest BCUT2D eigenvalue weighted by Gasteiger charge is -2.12. The maximum atomic E-state index is 13.1. The number of anilines is 1. The highest BCUT2D eigenvalue weighted by molar-refractivity contribution is 9.10. The number of para-hydroxylation sites is 1. The van der Waals surface area contributed by atoms with Crippen molar-refractivity contribution in [3.63, 3.8) is 0 Å². The zero-order valence-corrected chi connectivity index (χ0v) is 24.1. The molecule has 0 aromatic heterocycles. The van der Waals surface area contributed by atoms with Crippen molar-refractivity contribution in [2.24, 2.45) is 4.99 Å². The Morgan fingerprint density at radius 1 is 1.16 bits per heavy atom. The first kappa shape index (κ1) is 27.8. The first-order valence-corrected chi connectivity index (χ1v) is 13.7. The van der Waals surface area contributed by atoms with Crippen molar-refractivity contribution in [3.05, 3.63) is 86.2 Å². The van der Waals surface area contributed by atoms with E-state index in [0.29, 0.717) is 38.8 Å². The summed E-state index contributed by atoms with van der Waals surface area (Å²) in [4.78, 5) is 32.2. The summed E-state index contributed by atoms with van der Waals surface area (Å²) in [6, 6.07) is 18.2. The zero-order chi connectivity index (χ0) is 27.2. The molecule has 1 aliphatic rings. The standard InChI is InChI=1S/C28H25BrClN3O4S/c1-4-33-27(35)25(38-28(33)31-19-10-11-20(29)21(30)15-19)14-18-9-12-23(24(13-18)36-3)37-16-26(34)32-22-8-6-5-7-17(22)2/h5-15H,4,16H2,1-3H3,(H,32,34)/b25-14+,31-28?. The molecule has 3 aromatic rings. The van der Waals surface area contributed by atoms with Crippen LogP contribution in [0.3, 0.4) is 0 Å². The van der Waals surface area contributed by atoms with E-state index in [-0.39, 0.29) is 18.4 Å². The summed E-state index contributed by atoms with van der Waals surface area (Å²) in [5.74, 6) is 0.458. The average Bonchev–Trinajstić information content (AvgIpc) is 3.19. The van der Waals surface area contributed by atoms with Crippen molar-refractivity contribution in [3.8, 4) is 11.5 Å². The van der Waals surface area contributed by atoms with Gasteiger partial charge in [-0.25, -0.2) is 4.99 Å². The lowest BCUT2D eigenvalue weighted by Crippen LogP contribution is -2.28. The molecule has 0 atom stereocenters. The molecule has 1 aliphatic heterocycles. The fourth-order valence-corrected chi connectivity index (χ4v) is 5.11. The number of thioether (sulfide) groups is 1.